The number of hydrogen-bond acceptors (Lipinski definition) is 1. The molecule has 1 nitrogen and oxygen atoms in total. The summed E-state index contributed by atoms with van der Waals surface area (Å²) in [6.45, 7) is 7.30. The van der Waals surface area contributed by atoms with E-state index in [1.807, 2.05) is 0 Å². The first-order valence-corrected chi connectivity index (χ1v) is 25.8. The number of fused-ring (bicyclic) bond motifs is 8. The molecule has 0 atom stereocenters. The topological polar surface area (TPSA) is 3.24 Å². The first-order chi connectivity index (χ1) is 27.8. The Morgan fingerprint density at radius 3 is 1.56 bits per heavy atom. The lowest BCUT2D eigenvalue weighted by molar-refractivity contribution is -0.0399. The van der Waals surface area contributed by atoms with Crippen molar-refractivity contribution in [1.82, 2.24) is 0 Å². The second-order valence-corrected chi connectivity index (χ2v) is 25.2. The van der Waals surface area contributed by atoms with E-state index in [1.54, 1.807) is 22.3 Å². The van der Waals surface area contributed by atoms with Gasteiger partial charge in [-0.25, -0.2) is 0 Å². The number of hydrogen-bond donors (Lipinski definition) is 0. The van der Waals surface area contributed by atoms with E-state index in [0.717, 1.165) is 23.7 Å². The first-order valence-electron chi connectivity index (χ1n) is 22.3. The van der Waals surface area contributed by atoms with Crippen molar-refractivity contribution >= 4 is 30.3 Å². The molecule has 13 rings (SSSR count). The molecule has 0 unspecified atom stereocenters. The Morgan fingerprint density at radius 1 is 0.456 bits per heavy atom. The molecule has 57 heavy (non-hydrogen) atoms. The van der Waals surface area contributed by atoms with Crippen molar-refractivity contribution in [2.75, 3.05) is 4.90 Å². The second kappa shape index (κ2) is 12.4. The molecule has 0 N–H and O–H groups in total. The molecule has 2 heteroatoms. The molecule has 284 valence electrons. The molecule has 0 radical (unpaired) electrons. The molecular weight excluding hydrogens is 703 g/mol. The normalized spacial score (nSPS) is 25.7. The summed E-state index contributed by atoms with van der Waals surface area (Å²) < 4.78 is 0. The van der Waals surface area contributed by atoms with Gasteiger partial charge >= 0.3 is 0 Å². The largest absolute Gasteiger partial charge is 0.310 e. The van der Waals surface area contributed by atoms with E-state index in [0.29, 0.717) is 0 Å². The predicted molar refractivity (Wildman–Crippen MR) is 242 cm³/mol. The van der Waals surface area contributed by atoms with Crippen LogP contribution in [0.5, 0.6) is 0 Å². The van der Waals surface area contributed by atoms with Crippen LogP contribution in [0.2, 0.25) is 19.6 Å². The number of rotatable bonds is 5. The Hall–Kier alpha value is -4.66. The number of anilines is 3. The summed E-state index contributed by atoms with van der Waals surface area (Å²) in [4.78, 5) is 2.62. The fourth-order valence-electron chi connectivity index (χ4n) is 14.0. The summed E-state index contributed by atoms with van der Waals surface area (Å²) in [5.41, 5.74) is 18.9. The van der Waals surface area contributed by atoms with Crippen molar-refractivity contribution in [3.8, 4) is 33.4 Å². The molecule has 5 fully saturated rings. The highest BCUT2D eigenvalue weighted by molar-refractivity contribution is 6.88. The van der Waals surface area contributed by atoms with Crippen LogP contribution in [-0.4, -0.2) is 8.07 Å². The Morgan fingerprint density at radius 2 is 0.947 bits per heavy atom. The van der Waals surface area contributed by atoms with Gasteiger partial charge in [-0.2, -0.15) is 0 Å². The molecule has 6 aromatic carbocycles. The first kappa shape index (κ1) is 34.4. The van der Waals surface area contributed by atoms with E-state index >= 15 is 0 Å². The van der Waals surface area contributed by atoms with Crippen LogP contribution in [-0.2, 0) is 10.8 Å². The molecule has 0 amide bonds. The van der Waals surface area contributed by atoms with Gasteiger partial charge in [-0.1, -0.05) is 141 Å². The number of nitrogens with zero attached hydrogens (tertiary/aromatic N) is 1. The zero-order valence-electron chi connectivity index (χ0n) is 34.0. The van der Waals surface area contributed by atoms with Crippen molar-refractivity contribution in [2.24, 2.45) is 23.7 Å². The quantitative estimate of drug-likeness (QED) is 0.158. The minimum Gasteiger partial charge on any atom is -0.310 e. The summed E-state index contributed by atoms with van der Waals surface area (Å²) in [5.74, 6) is 3.36. The predicted octanol–water partition coefficient (Wildman–Crippen LogP) is 14.3. The highest BCUT2D eigenvalue weighted by Gasteiger charge is 2.61. The van der Waals surface area contributed by atoms with Gasteiger partial charge in [-0.15, -0.1) is 0 Å². The average molecular weight is 758 g/mol. The summed E-state index contributed by atoms with van der Waals surface area (Å²) in [7, 11) is -1.36. The highest BCUT2D eigenvalue weighted by Crippen LogP contribution is 2.69. The third-order valence-corrected chi connectivity index (χ3v) is 18.3. The molecule has 7 aliphatic carbocycles. The van der Waals surface area contributed by atoms with Crippen molar-refractivity contribution in [3.63, 3.8) is 0 Å². The maximum atomic E-state index is 2.68. The second-order valence-electron chi connectivity index (χ2n) is 20.1. The lowest BCUT2D eigenvalue weighted by atomic mass is 9.43. The van der Waals surface area contributed by atoms with E-state index in [9.17, 15) is 0 Å². The monoisotopic (exact) mass is 757 g/mol. The van der Waals surface area contributed by atoms with Crippen molar-refractivity contribution in [1.29, 1.82) is 0 Å². The van der Waals surface area contributed by atoms with E-state index in [1.165, 1.54) is 120 Å². The molecule has 2 spiro atoms. The van der Waals surface area contributed by atoms with Crippen LogP contribution in [0.3, 0.4) is 0 Å². The smallest absolute Gasteiger partial charge is 0.0775 e. The summed E-state index contributed by atoms with van der Waals surface area (Å²) >= 11 is 0. The molecule has 0 saturated heterocycles. The van der Waals surface area contributed by atoms with Gasteiger partial charge in [-0.3, -0.25) is 0 Å². The SMILES string of the molecule is C[Si](C)(C)c1ccc(-c2ccc(N(c3ccc4c(c3)C3(CCCCC3)c3ccccc3-4)c3ccc4c(c3)C3(c5ccccc5-4)C4CC5CC(C4)CC3C5)cc2)cc1. The lowest BCUT2D eigenvalue weighted by Crippen LogP contribution is -2.55. The van der Waals surface area contributed by atoms with Crippen molar-refractivity contribution < 1.29 is 0 Å². The Bertz CT molecular complexity index is 2520. The molecule has 0 aliphatic heterocycles. The summed E-state index contributed by atoms with van der Waals surface area (Å²) in [6.07, 6.45) is 13.6. The van der Waals surface area contributed by atoms with Crippen LogP contribution in [0.25, 0.3) is 33.4 Å². The maximum Gasteiger partial charge on any atom is 0.0775 e. The van der Waals surface area contributed by atoms with E-state index < -0.39 is 8.07 Å². The van der Waals surface area contributed by atoms with Crippen LogP contribution in [0.1, 0.15) is 86.5 Å². The van der Waals surface area contributed by atoms with Gasteiger partial charge in [0.15, 0.2) is 0 Å². The Balaban J connectivity index is 1.03. The fraction of sp³-hybridized carbons (Fsp3) is 0.345. The van der Waals surface area contributed by atoms with Crippen molar-refractivity contribution in [2.45, 2.75) is 94.7 Å². The molecule has 5 saturated carbocycles. The van der Waals surface area contributed by atoms with Gasteiger partial charge < -0.3 is 4.90 Å². The van der Waals surface area contributed by atoms with Gasteiger partial charge in [0.2, 0.25) is 0 Å². The van der Waals surface area contributed by atoms with Gasteiger partial charge in [0.25, 0.3) is 0 Å². The zero-order chi connectivity index (χ0) is 38.1. The molecule has 4 bridgehead atoms. The highest BCUT2D eigenvalue weighted by atomic mass is 28.3. The van der Waals surface area contributed by atoms with Crippen LogP contribution >= 0.6 is 0 Å². The summed E-state index contributed by atoms with van der Waals surface area (Å²) in [6, 6.07) is 53.0. The van der Waals surface area contributed by atoms with Gasteiger partial charge in [-0.05, 0) is 161 Å². The van der Waals surface area contributed by atoms with Crippen LogP contribution in [0.15, 0.2) is 133 Å². The van der Waals surface area contributed by atoms with Crippen LogP contribution in [0.4, 0.5) is 17.1 Å². The van der Waals surface area contributed by atoms with E-state index in [4.69, 9.17) is 0 Å². The molecule has 6 aromatic rings. The Labute approximate surface area is 341 Å². The van der Waals surface area contributed by atoms with Gasteiger partial charge in [0.05, 0.1) is 8.07 Å². The van der Waals surface area contributed by atoms with E-state index in [-0.39, 0.29) is 10.8 Å². The lowest BCUT2D eigenvalue weighted by Gasteiger charge is -2.61. The standard InChI is InChI=1S/C55H55NSi/c1-57(2,3)45-23-17-39(18-24-45)38-15-19-42(20-16-38)56(43-21-25-48-46-11-5-7-13-50(46)54(52(48)34-43)27-9-4-10-28-54)44-22-26-49-47-12-6-8-14-51(47)55(53(49)35-44)40-30-36-29-37(32-40)33-41(55)31-36/h5-8,11-26,34-37,40-41H,4,9-10,27-33H2,1-3H3. The Kier molecular flexibility index (Phi) is 7.49. The molecular formula is C55H55NSi. The van der Waals surface area contributed by atoms with Gasteiger partial charge in [0, 0.05) is 27.9 Å². The third-order valence-electron chi connectivity index (χ3n) is 16.2. The third kappa shape index (κ3) is 4.92. The fourth-order valence-corrected chi connectivity index (χ4v) is 15.1. The average Bonchev–Trinajstić information content (AvgIpc) is 3.67. The minimum absolute atomic E-state index is 0.113. The zero-order valence-corrected chi connectivity index (χ0v) is 35.0. The van der Waals surface area contributed by atoms with Gasteiger partial charge in [0.1, 0.15) is 0 Å². The maximum absolute atomic E-state index is 2.68. The molecule has 0 heterocycles. The molecule has 7 aliphatic rings. The number of benzene rings is 6. The van der Waals surface area contributed by atoms with Crippen LogP contribution in [0, 0.1) is 23.7 Å². The minimum atomic E-state index is -1.36. The van der Waals surface area contributed by atoms with Crippen molar-refractivity contribution in [3.05, 3.63) is 156 Å². The molecule has 0 aromatic heterocycles. The van der Waals surface area contributed by atoms with E-state index in [2.05, 4.69) is 158 Å². The van der Waals surface area contributed by atoms with Crippen LogP contribution < -0.4 is 10.1 Å². The summed E-state index contributed by atoms with van der Waals surface area (Å²) in [5, 5.41) is 1.51.